The summed E-state index contributed by atoms with van der Waals surface area (Å²) in [5.74, 6) is -0.439. The van der Waals surface area contributed by atoms with Crippen LogP contribution < -0.4 is 5.32 Å². The summed E-state index contributed by atoms with van der Waals surface area (Å²) < 4.78 is 29.0. The molecular weight excluding hydrogens is 488 g/mol. The van der Waals surface area contributed by atoms with Crippen LogP contribution in [0.5, 0.6) is 0 Å². The summed E-state index contributed by atoms with van der Waals surface area (Å²) in [6.45, 7) is 1.27. The molecule has 0 aromatic heterocycles. The van der Waals surface area contributed by atoms with E-state index in [1.807, 2.05) is 37.3 Å². The molecule has 0 heterocycles. The SMILES string of the molecule is CCC(c1ccccc1)N(Cc1ccc(C(=O)NC(CO)CO)cc1)S(=O)(=O)c1ccc(Cl)cc1. The zero-order valence-corrected chi connectivity index (χ0v) is 20.9. The highest BCUT2D eigenvalue weighted by atomic mass is 35.5. The Labute approximate surface area is 211 Å². The van der Waals surface area contributed by atoms with E-state index in [1.54, 1.807) is 36.4 Å². The summed E-state index contributed by atoms with van der Waals surface area (Å²) in [5.41, 5.74) is 1.92. The number of hydrogen-bond acceptors (Lipinski definition) is 5. The van der Waals surface area contributed by atoms with Crippen LogP contribution in [0.2, 0.25) is 5.02 Å². The second-order valence-corrected chi connectivity index (χ2v) is 10.4. The first-order valence-electron chi connectivity index (χ1n) is 11.2. The molecule has 186 valence electrons. The first-order chi connectivity index (χ1) is 16.8. The minimum absolute atomic E-state index is 0.0934. The molecule has 0 aliphatic heterocycles. The first-order valence-corrected chi connectivity index (χ1v) is 13.1. The van der Waals surface area contributed by atoms with E-state index < -0.39 is 28.0 Å². The van der Waals surface area contributed by atoms with Crippen LogP contribution in [0.4, 0.5) is 0 Å². The molecule has 7 nitrogen and oxygen atoms in total. The molecule has 0 saturated heterocycles. The number of benzene rings is 3. The maximum atomic E-state index is 13.8. The van der Waals surface area contributed by atoms with Crippen molar-refractivity contribution in [2.75, 3.05) is 13.2 Å². The van der Waals surface area contributed by atoms with Gasteiger partial charge in [-0.2, -0.15) is 4.31 Å². The Morgan fingerprint density at radius 1 is 0.943 bits per heavy atom. The van der Waals surface area contributed by atoms with Gasteiger partial charge in [-0.25, -0.2) is 8.42 Å². The predicted molar refractivity (Wildman–Crippen MR) is 136 cm³/mol. The van der Waals surface area contributed by atoms with Gasteiger partial charge in [0.05, 0.1) is 30.2 Å². The van der Waals surface area contributed by atoms with Gasteiger partial charge in [0.25, 0.3) is 5.91 Å². The molecule has 0 bridgehead atoms. The lowest BCUT2D eigenvalue weighted by atomic mass is 10.0. The highest BCUT2D eigenvalue weighted by Crippen LogP contribution is 2.32. The maximum Gasteiger partial charge on any atom is 0.251 e. The van der Waals surface area contributed by atoms with Gasteiger partial charge in [-0.1, -0.05) is 61.0 Å². The number of hydrogen-bond donors (Lipinski definition) is 3. The van der Waals surface area contributed by atoms with Crippen molar-refractivity contribution in [3.8, 4) is 0 Å². The van der Waals surface area contributed by atoms with Crippen molar-refractivity contribution in [3.05, 3.63) is 101 Å². The van der Waals surface area contributed by atoms with E-state index in [-0.39, 0.29) is 24.7 Å². The summed E-state index contributed by atoms with van der Waals surface area (Å²) in [6.07, 6.45) is 0.557. The van der Waals surface area contributed by atoms with Crippen molar-refractivity contribution in [2.45, 2.75) is 36.9 Å². The number of nitrogens with zero attached hydrogens (tertiary/aromatic N) is 1. The van der Waals surface area contributed by atoms with Crippen LogP contribution in [0.15, 0.2) is 83.8 Å². The molecule has 0 fully saturated rings. The number of carbonyl (C=O) groups excluding carboxylic acids is 1. The lowest BCUT2D eigenvalue weighted by Gasteiger charge is -2.31. The van der Waals surface area contributed by atoms with Crippen molar-refractivity contribution in [1.29, 1.82) is 0 Å². The van der Waals surface area contributed by atoms with Crippen molar-refractivity contribution in [1.82, 2.24) is 9.62 Å². The molecule has 0 aliphatic carbocycles. The summed E-state index contributed by atoms with van der Waals surface area (Å²) in [7, 11) is -3.88. The van der Waals surface area contributed by atoms with Crippen LogP contribution in [0, 0.1) is 0 Å². The minimum atomic E-state index is -3.88. The third kappa shape index (κ3) is 6.68. The molecule has 35 heavy (non-hydrogen) atoms. The predicted octanol–water partition coefficient (Wildman–Crippen LogP) is 3.77. The second kappa shape index (κ2) is 12.3. The van der Waals surface area contributed by atoms with Crippen molar-refractivity contribution in [2.24, 2.45) is 0 Å². The topological polar surface area (TPSA) is 107 Å². The molecule has 3 aromatic rings. The van der Waals surface area contributed by atoms with Crippen molar-refractivity contribution < 1.29 is 23.4 Å². The molecule has 9 heteroatoms. The first kappa shape index (κ1) is 26.8. The van der Waals surface area contributed by atoms with Crippen LogP contribution in [0.3, 0.4) is 0 Å². The molecular formula is C26H29ClN2O5S. The van der Waals surface area contributed by atoms with E-state index in [4.69, 9.17) is 11.6 Å². The number of sulfonamides is 1. The van der Waals surface area contributed by atoms with Gasteiger partial charge in [0.2, 0.25) is 10.0 Å². The fraction of sp³-hybridized carbons (Fsp3) is 0.269. The molecule has 0 saturated carbocycles. The molecule has 0 aliphatic rings. The standard InChI is InChI=1S/C26H29ClN2O5S/c1-2-25(20-6-4-3-5-7-20)29(35(33,34)24-14-12-22(27)13-15-24)16-19-8-10-21(11-9-19)26(32)28-23(17-30)18-31/h3-15,23,25,30-31H,2,16-18H2,1H3,(H,28,32). The number of halogens is 1. The zero-order valence-electron chi connectivity index (χ0n) is 19.3. The third-order valence-electron chi connectivity index (χ3n) is 5.67. The van der Waals surface area contributed by atoms with Crippen LogP contribution in [-0.4, -0.2) is 48.1 Å². The van der Waals surface area contributed by atoms with Gasteiger partial charge in [0.1, 0.15) is 0 Å². The van der Waals surface area contributed by atoms with Crippen LogP contribution in [-0.2, 0) is 16.6 Å². The number of nitrogens with one attached hydrogen (secondary N) is 1. The molecule has 1 unspecified atom stereocenters. The average molecular weight is 517 g/mol. The van der Waals surface area contributed by atoms with Crippen LogP contribution in [0.1, 0.15) is 40.9 Å². The molecule has 3 aromatic carbocycles. The lowest BCUT2D eigenvalue weighted by molar-refractivity contribution is 0.0879. The van der Waals surface area contributed by atoms with Crippen LogP contribution in [0.25, 0.3) is 0 Å². The number of aliphatic hydroxyl groups is 2. The summed E-state index contributed by atoms with van der Waals surface area (Å²) in [5, 5.41) is 21.3. The third-order valence-corrected chi connectivity index (χ3v) is 7.79. The van der Waals surface area contributed by atoms with Crippen molar-refractivity contribution >= 4 is 27.5 Å². The fourth-order valence-electron chi connectivity index (χ4n) is 3.74. The summed E-state index contributed by atoms with van der Waals surface area (Å²) >= 11 is 5.98. The Balaban J connectivity index is 1.94. The van der Waals surface area contributed by atoms with Gasteiger partial charge >= 0.3 is 0 Å². The Hall–Kier alpha value is -2.75. The Morgan fingerprint density at radius 3 is 2.09 bits per heavy atom. The Bertz CT molecular complexity index is 1200. The monoisotopic (exact) mass is 516 g/mol. The normalized spacial score (nSPS) is 12.6. The van der Waals surface area contributed by atoms with E-state index in [0.29, 0.717) is 22.6 Å². The zero-order chi connectivity index (χ0) is 25.4. The van der Waals surface area contributed by atoms with E-state index >= 15 is 0 Å². The van der Waals surface area contributed by atoms with Gasteiger partial charge in [-0.3, -0.25) is 4.79 Å². The summed E-state index contributed by atoms with van der Waals surface area (Å²) in [6, 6.07) is 21.0. The van der Waals surface area contributed by atoms with Gasteiger partial charge in [-0.15, -0.1) is 0 Å². The van der Waals surface area contributed by atoms with Gasteiger partial charge in [0.15, 0.2) is 0 Å². The van der Waals surface area contributed by atoms with Crippen molar-refractivity contribution in [3.63, 3.8) is 0 Å². The molecule has 0 radical (unpaired) electrons. The molecule has 3 N–H and O–H groups in total. The Morgan fingerprint density at radius 2 is 1.54 bits per heavy atom. The van der Waals surface area contributed by atoms with Gasteiger partial charge in [0, 0.05) is 17.1 Å². The largest absolute Gasteiger partial charge is 0.394 e. The van der Waals surface area contributed by atoms with Crippen LogP contribution >= 0.6 is 11.6 Å². The molecule has 1 amide bonds. The minimum Gasteiger partial charge on any atom is -0.394 e. The van der Waals surface area contributed by atoms with Gasteiger partial charge in [-0.05, 0) is 53.9 Å². The van der Waals surface area contributed by atoms with E-state index in [1.165, 1.54) is 16.4 Å². The highest BCUT2D eigenvalue weighted by molar-refractivity contribution is 7.89. The highest BCUT2D eigenvalue weighted by Gasteiger charge is 2.32. The number of amides is 1. The second-order valence-electron chi connectivity index (χ2n) is 8.07. The number of rotatable bonds is 11. The summed E-state index contributed by atoms with van der Waals surface area (Å²) in [4.78, 5) is 12.5. The number of carbonyl (C=O) groups is 1. The average Bonchev–Trinajstić information content (AvgIpc) is 2.88. The van der Waals surface area contributed by atoms with E-state index in [2.05, 4.69) is 5.32 Å². The smallest absolute Gasteiger partial charge is 0.251 e. The van der Waals surface area contributed by atoms with E-state index in [0.717, 1.165) is 5.56 Å². The molecule has 0 spiro atoms. The van der Waals surface area contributed by atoms with E-state index in [9.17, 15) is 23.4 Å². The maximum absolute atomic E-state index is 13.8. The Kier molecular flexibility index (Phi) is 9.42. The lowest BCUT2D eigenvalue weighted by Crippen LogP contribution is -2.40. The fourth-order valence-corrected chi connectivity index (χ4v) is 5.55. The molecule has 3 rings (SSSR count). The number of aliphatic hydroxyl groups excluding tert-OH is 2. The molecule has 1 atom stereocenters. The quantitative estimate of drug-likeness (QED) is 0.359. The van der Waals surface area contributed by atoms with Gasteiger partial charge < -0.3 is 15.5 Å².